The maximum absolute atomic E-state index is 13.0. The SMILES string of the molecule is Cc1cc(N)cc(Nc2ccc(Cl)cc2C(F)(F)F)c1. The van der Waals surface area contributed by atoms with Crippen LogP contribution in [0.15, 0.2) is 36.4 Å². The van der Waals surface area contributed by atoms with Crippen LogP contribution in [0.5, 0.6) is 0 Å². The number of hydrogen-bond donors (Lipinski definition) is 2. The molecule has 2 nitrogen and oxygen atoms in total. The van der Waals surface area contributed by atoms with Crippen molar-refractivity contribution in [3.8, 4) is 0 Å². The first-order valence-corrected chi connectivity index (χ1v) is 6.14. The number of nitrogens with one attached hydrogen (secondary N) is 1. The van der Waals surface area contributed by atoms with E-state index in [1.54, 1.807) is 18.2 Å². The zero-order chi connectivity index (χ0) is 14.9. The third-order valence-electron chi connectivity index (χ3n) is 2.67. The number of nitrogens with two attached hydrogens (primary N) is 1. The fourth-order valence-corrected chi connectivity index (χ4v) is 2.07. The Bertz CT molecular complexity index is 619. The van der Waals surface area contributed by atoms with Crippen LogP contribution in [-0.4, -0.2) is 0 Å². The van der Waals surface area contributed by atoms with Gasteiger partial charge >= 0.3 is 6.18 Å². The van der Waals surface area contributed by atoms with Crippen LogP contribution in [0.3, 0.4) is 0 Å². The maximum atomic E-state index is 13.0. The summed E-state index contributed by atoms with van der Waals surface area (Å²) in [6, 6.07) is 8.61. The zero-order valence-electron chi connectivity index (χ0n) is 10.6. The molecule has 0 aliphatic rings. The molecular formula is C14H12ClF3N2. The van der Waals surface area contributed by atoms with Gasteiger partial charge in [-0.15, -0.1) is 0 Å². The van der Waals surface area contributed by atoms with Crippen LogP contribution in [0.25, 0.3) is 0 Å². The average Bonchev–Trinajstić information content (AvgIpc) is 2.28. The van der Waals surface area contributed by atoms with E-state index in [4.69, 9.17) is 17.3 Å². The number of nitrogen functional groups attached to an aromatic ring is 1. The first-order chi connectivity index (χ1) is 9.25. The van der Waals surface area contributed by atoms with Gasteiger partial charge in [-0.3, -0.25) is 0 Å². The lowest BCUT2D eigenvalue weighted by molar-refractivity contribution is -0.136. The minimum Gasteiger partial charge on any atom is -0.399 e. The molecule has 0 saturated heterocycles. The van der Waals surface area contributed by atoms with Gasteiger partial charge in [-0.2, -0.15) is 13.2 Å². The summed E-state index contributed by atoms with van der Waals surface area (Å²) >= 11 is 5.63. The number of rotatable bonds is 2. The van der Waals surface area contributed by atoms with Crippen molar-refractivity contribution < 1.29 is 13.2 Å². The van der Waals surface area contributed by atoms with Gasteiger partial charge in [-0.25, -0.2) is 0 Å². The fourth-order valence-electron chi connectivity index (χ4n) is 1.90. The van der Waals surface area contributed by atoms with Gasteiger partial charge in [-0.1, -0.05) is 11.6 Å². The van der Waals surface area contributed by atoms with Gasteiger partial charge in [0, 0.05) is 16.4 Å². The Hall–Kier alpha value is -1.88. The molecule has 0 saturated carbocycles. The van der Waals surface area contributed by atoms with Crippen molar-refractivity contribution in [1.82, 2.24) is 0 Å². The van der Waals surface area contributed by atoms with E-state index < -0.39 is 11.7 Å². The molecule has 0 aliphatic heterocycles. The lowest BCUT2D eigenvalue weighted by atomic mass is 10.1. The van der Waals surface area contributed by atoms with Crippen LogP contribution in [0, 0.1) is 6.92 Å². The van der Waals surface area contributed by atoms with E-state index in [1.807, 2.05) is 6.92 Å². The molecule has 0 spiro atoms. The molecule has 2 aromatic rings. The van der Waals surface area contributed by atoms with Crippen molar-refractivity contribution in [3.05, 3.63) is 52.5 Å². The Labute approximate surface area is 119 Å². The number of anilines is 3. The predicted octanol–water partition coefficient (Wildman–Crippen LogP) is 4.99. The van der Waals surface area contributed by atoms with E-state index in [0.717, 1.165) is 11.6 Å². The highest BCUT2D eigenvalue weighted by molar-refractivity contribution is 6.30. The van der Waals surface area contributed by atoms with Crippen molar-refractivity contribution in [2.24, 2.45) is 0 Å². The predicted molar refractivity (Wildman–Crippen MR) is 75.3 cm³/mol. The normalized spacial score (nSPS) is 11.4. The molecule has 2 rings (SSSR count). The van der Waals surface area contributed by atoms with E-state index >= 15 is 0 Å². The fraction of sp³-hybridized carbons (Fsp3) is 0.143. The zero-order valence-corrected chi connectivity index (χ0v) is 11.3. The van der Waals surface area contributed by atoms with Gasteiger partial charge in [-0.05, 0) is 48.9 Å². The molecule has 3 N–H and O–H groups in total. The highest BCUT2D eigenvalue weighted by Gasteiger charge is 2.33. The van der Waals surface area contributed by atoms with Crippen molar-refractivity contribution in [2.75, 3.05) is 11.1 Å². The van der Waals surface area contributed by atoms with Crippen molar-refractivity contribution in [1.29, 1.82) is 0 Å². The van der Waals surface area contributed by atoms with E-state index in [0.29, 0.717) is 11.4 Å². The van der Waals surface area contributed by atoms with E-state index in [-0.39, 0.29) is 10.7 Å². The molecular weight excluding hydrogens is 289 g/mol. The summed E-state index contributed by atoms with van der Waals surface area (Å²) in [6.07, 6.45) is -4.48. The second-order valence-corrected chi connectivity index (χ2v) is 4.88. The summed E-state index contributed by atoms with van der Waals surface area (Å²) in [7, 11) is 0. The van der Waals surface area contributed by atoms with Crippen LogP contribution in [0.2, 0.25) is 5.02 Å². The van der Waals surface area contributed by atoms with E-state index in [1.165, 1.54) is 12.1 Å². The molecule has 0 radical (unpaired) electrons. The second kappa shape index (κ2) is 5.25. The Morgan fingerprint density at radius 3 is 2.40 bits per heavy atom. The first-order valence-electron chi connectivity index (χ1n) is 5.76. The third kappa shape index (κ3) is 3.36. The molecule has 0 bridgehead atoms. The summed E-state index contributed by atoms with van der Waals surface area (Å²) in [5, 5.41) is 2.76. The summed E-state index contributed by atoms with van der Waals surface area (Å²) < 4.78 is 38.9. The molecule has 0 atom stereocenters. The highest BCUT2D eigenvalue weighted by atomic mass is 35.5. The standard InChI is InChI=1S/C14H12ClF3N2/c1-8-4-10(19)7-11(5-8)20-13-3-2-9(15)6-12(13)14(16,17)18/h2-7,20H,19H2,1H3. The molecule has 2 aromatic carbocycles. The summed E-state index contributed by atoms with van der Waals surface area (Å²) in [5.41, 5.74) is 6.63. The number of alkyl halides is 3. The average molecular weight is 301 g/mol. The van der Waals surface area contributed by atoms with Gasteiger partial charge < -0.3 is 11.1 Å². The van der Waals surface area contributed by atoms with Gasteiger partial charge in [0.2, 0.25) is 0 Å². The highest BCUT2D eigenvalue weighted by Crippen LogP contribution is 2.37. The van der Waals surface area contributed by atoms with E-state index in [9.17, 15) is 13.2 Å². The summed E-state index contributed by atoms with van der Waals surface area (Å²) in [4.78, 5) is 0. The molecule has 0 fully saturated rings. The molecule has 20 heavy (non-hydrogen) atoms. The number of hydrogen-bond acceptors (Lipinski definition) is 2. The number of benzene rings is 2. The largest absolute Gasteiger partial charge is 0.418 e. The molecule has 0 unspecified atom stereocenters. The summed E-state index contributed by atoms with van der Waals surface area (Å²) in [5.74, 6) is 0. The van der Waals surface area contributed by atoms with E-state index in [2.05, 4.69) is 5.32 Å². The Kier molecular flexibility index (Phi) is 3.81. The lowest BCUT2D eigenvalue weighted by Crippen LogP contribution is -2.09. The minimum atomic E-state index is -4.48. The smallest absolute Gasteiger partial charge is 0.399 e. The van der Waals surface area contributed by atoms with Crippen LogP contribution in [0.4, 0.5) is 30.2 Å². The molecule has 0 aromatic heterocycles. The minimum absolute atomic E-state index is 0.0339. The Balaban J connectivity index is 2.43. The van der Waals surface area contributed by atoms with Crippen LogP contribution < -0.4 is 11.1 Å². The summed E-state index contributed by atoms with van der Waals surface area (Å²) in [6.45, 7) is 1.81. The second-order valence-electron chi connectivity index (χ2n) is 4.45. The topological polar surface area (TPSA) is 38.0 Å². The number of aryl methyl sites for hydroxylation is 1. The molecule has 106 valence electrons. The molecule has 6 heteroatoms. The van der Waals surface area contributed by atoms with Gasteiger partial charge in [0.1, 0.15) is 0 Å². The van der Waals surface area contributed by atoms with Gasteiger partial charge in [0.05, 0.1) is 11.3 Å². The van der Waals surface area contributed by atoms with Gasteiger partial charge in [0.25, 0.3) is 0 Å². The lowest BCUT2D eigenvalue weighted by Gasteiger charge is -2.15. The third-order valence-corrected chi connectivity index (χ3v) is 2.90. The van der Waals surface area contributed by atoms with Crippen LogP contribution in [0.1, 0.15) is 11.1 Å². The Morgan fingerprint density at radius 1 is 1.10 bits per heavy atom. The maximum Gasteiger partial charge on any atom is 0.418 e. The van der Waals surface area contributed by atoms with Crippen molar-refractivity contribution >= 4 is 28.7 Å². The molecule has 0 aliphatic carbocycles. The van der Waals surface area contributed by atoms with Crippen LogP contribution in [-0.2, 0) is 6.18 Å². The molecule has 0 heterocycles. The quantitative estimate of drug-likeness (QED) is 0.767. The van der Waals surface area contributed by atoms with Crippen molar-refractivity contribution in [2.45, 2.75) is 13.1 Å². The number of halogens is 4. The van der Waals surface area contributed by atoms with Crippen LogP contribution >= 0.6 is 11.6 Å². The Morgan fingerprint density at radius 2 is 1.80 bits per heavy atom. The first kappa shape index (κ1) is 14.5. The van der Waals surface area contributed by atoms with Crippen molar-refractivity contribution in [3.63, 3.8) is 0 Å². The van der Waals surface area contributed by atoms with Gasteiger partial charge in [0.15, 0.2) is 0 Å². The molecule has 0 amide bonds. The monoisotopic (exact) mass is 300 g/mol.